The van der Waals surface area contributed by atoms with Crippen molar-refractivity contribution in [2.45, 2.75) is 113 Å². The van der Waals surface area contributed by atoms with Gasteiger partial charge in [0.2, 0.25) is 11.8 Å². The van der Waals surface area contributed by atoms with Gasteiger partial charge in [0.1, 0.15) is 17.7 Å². The lowest BCUT2D eigenvalue weighted by Gasteiger charge is -2.37. The second kappa shape index (κ2) is 16.2. The SMILES string of the molecule is CCOC(=O)CC[C@@H](NC(=O)/C(C)=C/[C@H](C(C)C)N(C)C(=O)[C@@H](NC(=O)OC(C)(C)C)C(C)(C)C)C(=O)OCC. The minimum absolute atomic E-state index is 0.0201. The molecule has 230 valence electrons. The van der Waals surface area contributed by atoms with Crippen LogP contribution in [0.15, 0.2) is 11.6 Å². The topological polar surface area (TPSA) is 140 Å². The molecule has 0 saturated heterocycles. The van der Waals surface area contributed by atoms with Gasteiger partial charge in [-0.2, -0.15) is 0 Å². The van der Waals surface area contributed by atoms with Gasteiger partial charge in [0.15, 0.2) is 0 Å². The van der Waals surface area contributed by atoms with Crippen LogP contribution in [0.4, 0.5) is 4.79 Å². The molecule has 2 N–H and O–H groups in total. The fourth-order valence-electron chi connectivity index (χ4n) is 3.77. The van der Waals surface area contributed by atoms with Crippen LogP contribution < -0.4 is 10.6 Å². The lowest BCUT2D eigenvalue weighted by atomic mass is 9.85. The first-order valence-corrected chi connectivity index (χ1v) is 13.8. The van der Waals surface area contributed by atoms with E-state index in [1.165, 1.54) is 4.90 Å². The van der Waals surface area contributed by atoms with Crippen LogP contribution in [0.2, 0.25) is 0 Å². The van der Waals surface area contributed by atoms with Crippen molar-refractivity contribution in [3.8, 4) is 0 Å². The Kier molecular flexibility index (Phi) is 15.0. The molecule has 0 aromatic carbocycles. The molecule has 40 heavy (non-hydrogen) atoms. The van der Waals surface area contributed by atoms with E-state index in [2.05, 4.69) is 10.6 Å². The Morgan fingerprint density at radius 1 is 0.900 bits per heavy atom. The zero-order chi connectivity index (χ0) is 31.4. The molecule has 0 aliphatic heterocycles. The first-order chi connectivity index (χ1) is 18.2. The molecule has 0 bridgehead atoms. The summed E-state index contributed by atoms with van der Waals surface area (Å²) < 4.78 is 15.3. The summed E-state index contributed by atoms with van der Waals surface area (Å²) in [5.74, 6) is -2.11. The van der Waals surface area contributed by atoms with Crippen molar-refractivity contribution in [2.24, 2.45) is 11.3 Å². The summed E-state index contributed by atoms with van der Waals surface area (Å²) in [4.78, 5) is 65.0. The van der Waals surface area contributed by atoms with Crippen LogP contribution in [0.25, 0.3) is 0 Å². The molecule has 0 aliphatic rings. The molecule has 3 atom stereocenters. The molecule has 11 nitrogen and oxygen atoms in total. The Hall–Kier alpha value is -3.11. The van der Waals surface area contributed by atoms with Crippen molar-refractivity contribution < 1.29 is 38.2 Å². The molecule has 0 aromatic rings. The molecule has 0 fully saturated rings. The number of amides is 3. The van der Waals surface area contributed by atoms with Crippen molar-refractivity contribution in [2.75, 3.05) is 20.3 Å². The summed E-state index contributed by atoms with van der Waals surface area (Å²) in [7, 11) is 1.62. The van der Waals surface area contributed by atoms with Gasteiger partial charge in [-0.1, -0.05) is 40.7 Å². The lowest BCUT2D eigenvalue weighted by Crippen LogP contribution is -2.57. The second-order valence-electron chi connectivity index (χ2n) is 12.1. The normalized spacial score (nSPS) is 14.5. The smallest absolute Gasteiger partial charge is 0.408 e. The monoisotopic (exact) mass is 569 g/mol. The third-order valence-electron chi connectivity index (χ3n) is 5.85. The van der Waals surface area contributed by atoms with E-state index in [0.717, 1.165) is 0 Å². The minimum Gasteiger partial charge on any atom is -0.466 e. The van der Waals surface area contributed by atoms with Gasteiger partial charge in [-0.25, -0.2) is 9.59 Å². The molecular formula is C29H51N3O8. The molecule has 0 saturated carbocycles. The predicted octanol–water partition coefficient (Wildman–Crippen LogP) is 3.75. The average molecular weight is 570 g/mol. The number of hydrogen-bond acceptors (Lipinski definition) is 8. The van der Waals surface area contributed by atoms with Gasteiger partial charge in [0.25, 0.3) is 0 Å². The Labute approximate surface area is 239 Å². The predicted molar refractivity (Wildman–Crippen MR) is 152 cm³/mol. The summed E-state index contributed by atoms with van der Waals surface area (Å²) >= 11 is 0. The van der Waals surface area contributed by atoms with E-state index < -0.39 is 53.1 Å². The van der Waals surface area contributed by atoms with Gasteiger partial charge in [-0.3, -0.25) is 14.4 Å². The zero-order valence-corrected chi connectivity index (χ0v) is 26.4. The highest BCUT2D eigenvalue weighted by atomic mass is 16.6. The number of ether oxygens (including phenoxy) is 3. The number of rotatable bonds is 13. The second-order valence-corrected chi connectivity index (χ2v) is 12.1. The third kappa shape index (κ3) is 13.3. The Morgan fingerprint density at radius 3 is 1.90 bits per heavy atom. The standard InChI is InChI=1S/C29H51N3O8/c1-13-38-22(33)16-15-20(26(36)39-14-2)30-24(34)19(5)17-21(18(3)4)32(12)25(35)23(28(6,7)8)31-27(37)40-29(9,10)11/h17-18,20-21,23H,13-16H2,1-12H3,(H,30,34)(H,31,37)/b19-17+/t20-,21-,23-/m1/s1. The van der Waals surface area contributed by atoms with E-state index in [1.54, 1.807) is 54.7 Å². The minimum atomic E-state index is -1.04. The summed E-state index contributed by atoms with van der Waals surface area (Å²) in [6, 6.07) is -2.45. The summed E-state index contributed by atoms with van der Waals surface area (Å²) in [6.07, 6.45) is 0.907. The number of hydrogen-bond donors (Lipinski definition) is 2. The van der Waals surface area contributed by atoms with Crippen molar-refractivity contribution in [1.29, 1.82) is 0 Å². The largest absolute Gasteiger partial charge is 0.466 e. The van der Waals surface area contributed by atoms with Crippen molar-refractivity contribution >= 4 is 29.8 Å². The zero-order valence-electron chi connectivity index (χ0n) is 26.4. The van der Waals surface area contributed by atoms with Crippen LogP contribution in [0, 0.1) is 11.3 Å². The molecule has 3 amide bonds. The van der Waals surface area contributed by atoms with Crippen LogP contribution in [-0.4, -0.2) is 78.7 Å². The van der Waals surface area contributed by atoms with E-state index in [4.69, 9.17) is 14.2 Å². The molecule has 0 radical (unpaired) electrons. The number of alkyl carbamates (subject to hydrolysis) is 1. The van der Waals surface area contributed by atoms with Gasteiger partial charge in [-0.15, -0.1) is 0 Å². The number of carbonyl (C=O) groups is 5. The van der Waals surface area contributed by atoms with E-state index in [0.29, 0.717) is 0 Å². The molecule has 11 heteroatoms. The Bertz CT molecular complexity index is 915. The van der Waals surface area contributed by atoms with Crippen molar-refractivity contribution in [1.82, 2.24) is 15.5 Å². The van der Waals surface area contributed by atoms with E-state index in [-0.39, 0.29) is 43.5 Å². The molecule has 0 spiro atoms. The quantitative estimate of drug-likeness (QED) is 0.194. The first-order valence-electron chi connectivity index (χ1n) is 13.8. The molecule has 0 heterocycles. The summed E-state index contributed by atoms with van der Waals surface area (Å²) in [6.45, 7) is 19.8. The average Bonchev–Trinajstić information content (AvgIpc) is 2.80. The number of nitrogens with one attached hydrogen (secondary N) is 2. The maximum atomic E-state index is 13.7. The van der Waals surface area contributed by atoms with Crippen LogP contribution in [0.5, 0.6) is 0 Å². The first kappa shape index (κ1) is 36.9. The third-order valence-corrected chi connectivity index (χ3v) is 5.85. The van der Waals surface area contributed by atoms with Crippen LogP contribution in [0.3, 0.4) is 0 Å². The number of esters is 2. The molecular weight excluding hydrogens is 518 g/mol. The van der Waals surface area contributed by atoms with Crippen LogP contribution in [-0.2, 0) is 33.4 Å². The van der Waals surface area contributed by atoms with Gasteiger partial charge < -0.3 is 29.7 Å². The fourth-order valence-corrected chi connectivity index (χ4v) is 3.77. The van der Waals surface area contributed by atoms with Crippen LogP contribution >= 0.6 is 0 Å². The highest BCUT2D eigenvalue weighted by Crippen LogP contribution is 2.24. The fraction of sp³-hybridized carbons (Fsp3) is 0.759. The molecule has 0 aliphatic carbocycles. The highest BCUT2D eigenvalue weighted by molar-refractivity contribution is 5.96. The van der Waals surface area contributed by atoms with E-state index in [9.17, 15) is 24.0 Å². The Morgan fingerprint density at radius 2 is 1.45 bits per heavy atom. The number of nitrogens with zero attached hydrogens (tertiary/aromatic N) is 1. The Balaban J connectivity index is 5.90. The number of likely N-dealkylation sites (N-methyl/N-ethyl adjacent to an activating group) is 1. The van der Waals surface area contributed by atoms with Crippen LogP contribution in [0.1, 0.15) is 89.0 Å². The van der Waals surface area contributed by atoms with Gasteiger partial charge >= 0.3 is 18.0 Å². The van der Waals surface area contributed by atoms with Gasteiger partial charge in [0.05, 0.1) is 19.3 Å². The summed E-state index contributed by atoms with van der Waals surface area (Å²) in [5.41, 5.74) is -1.09. The summed E-state index contributed by atoms with van der Waals surface area (Å²) in [5, 5.41) is 5.34. The maximum Gasteiger partial charge on any atom is 0.408 e. The van der Waals surface area contributed by atoms with Crippen molar-refractivity contribution in [3.63, 3.8) is 0 Å². The van der Waals surface area contributed by atoms with E-state index in [1.807, 2.05) is 34.6 Å². The lowest BCUT2D eigenvalue weighted by molar-refractivity contribution is -0.148. The van der Waals surface area contributed by atoms with Gasteiger partial charge in [-0.05, 0) is 59.3 Å². The number of carbonyl (C=O) groups excluding carboxylic acids is 5. The molecule has 0 rings (SSSR count). The van der Waals surface area contributed by atoms with E-state index >= 15 is 0 Å². The molecule has 0 aromatic heterocycles. The molecule has 0 unspecified atom stereocenters. The van der Waals surface area contributed by atoms with Gasteiger partial charge in [0, 0.05) is 19.0 Å². The highest BCUT2D eigenvalue weighted by Gasteiger charge is 2.38. The maximum absolute atomic E-state index is 13.7. The van der Waals surface area contributed by atoms with Crippen molar-refractivity contribution in [3.05, 3.63) is 11.6 Å².